The molecule has 1 heterocycles. The Labute approximate surface area is 172 Å². The van der Waals surface area contributed by atoms with Crippen molar-refractivity contribution >= 4 is 14.4 Å². The van der Waals surface area contributed by atoms with Gasteiger partial charge in [-0.3, -0.25) is 0 Å². The highest BCUT2D eigenvalue weighted by Gasteiger charge is 2.43. The summed E-state index contributed by atoms with van der Waals surface area (Å²) < 4.78 is 12.5. The third-order valence-electron chi connectivity index (χ3n) is 6.26. The number of hydrogen-bond donors (Lipinski definition) is 0. The Hall–Kier alpha value is -1.33. The highest BCUT2D eigenvalue weighted by Crippen LogP contribution is 2.39. The quantitative estimate of drug-likeness (QED) is 0.495. The van der Waals surface area contributed by atoms with Crippen LogP contribution in [0.2, 0.25) is 18.1 Å². The minimum atomic E-state index is -1.89. The Kier molecular flexibility index (Phi) is 8.14. The third kappa shape index (κ3) is 6.08. The molecule has 0 saturated carbocycles. The molecule has 5 heteroatoms. The number of hydrogen-bond acceptors (Lipinski definition) is 3. The SMILES string of the molecule is CCCC[C@@H]1[C@H](O[Si](C)(C)C(C)(C)C)CCCN1C(=O)OCc1ccccc1. The average molecular weight is 406 g/mol. The van der Waals surface area contributed by atoms with Crippen LogP contribution >= 0.6 is 0 Å². The lowest BCUT2D eigenvalue weighted by Crippen LogP contribution is -2.56. The number of unbranched alkanes of at least 4 members (excludes halogenated alkanes) is 1. The second kappa shape index (κ2) is 9.93. The molecule has 0 aromatic heterocycles. The van der Waals surface area contributed by atoms with E-state index in [1.165, 1.54) is 0 Å². The van der Waals surface area contributed by atoms with Gasteiger partial charge in [0.25, 0.3) is 0 Å². The summed E-state index contributed by atoms with van der Waals surface area (Å²) in [6.07, 6.45) is 5.13. The van der Waals surface area contributed by atoms with Crippen LogP contribution < -0.4 is 0 Å². The molecule has 0 unspecified atom stereocenters. The van der Waals surface area contributed by atoms with Gasteiger partial charge >= 0.3 is 6.09 Å². The molecular weight excluding hydrogens is 366 g/mol. The summed E-state index contributed by atoms with van der Waals surface area (Å²) in [5, 5.41) is 0.165. The molecule has 0 radical (unpaired) electrons. The van der Waals surface area contributed by atoms with E-state index in [-0.39, 0.29) is 23.3 Å². The summed E-state index contributed by atoms with van der Waals surface area (Å²) in [6.45, 7) is 14.7. The van der Waals surface area contributed by atoms with E-state index in [1.807, 2.05) is 35.2 Å². The molecule has 2 rings (SSSR count). The molecule has 1 aromatic carbocycles. The number of ether oxygens (including phenoxy) is 1. The molecular formula is C23H39NO3Si. The number of carbonyl (C=O) groups is 1. The zero-order chi connectivity index (χ0) is 20.8. The summed E-state index contributed by atoms with van der Waals surface area (Å²) in [5.41, 5.74) is 1.02. The molecule has 1 aromatic rings. The van der Waals surface area contributed by atoms with Crippen LogP contribution in [-0.4, -0.2) is 38.0 Å². The number of carbonyl (C=O) groups excluding carboxylic acids is 1. The zero-order valence-corrected chi connectivity index (χ0v) is 19.7. The highest BCUT2D eigenvalue weighted by atomic mass is 28.4. The lowest BCUT2D eigenvalue weighted by atomic mass is 9.95. The van der Waals surface area contributed by atoms with Crippen molar-refractivity contribution in [2.24, 2.45) is 0 Å². The number of rotatable bonds is 7. The largest absolute Gasteiger partial charge is 0.445 e. The first kappa shape index (κ1) is 23.0. The fraction of sp³-hybridized carbons (Fsp3) is 0.696. The van der Waals surface area contributed by atoms with E-state index in [0.29, 0.717) is 6.61 Å². The van der Waals surface area contributed by atoms with Crippen LogP contribution in [0.4, 0.5) is 4.79 Å². The van der Waals surface area contributed by atoms with Gasteiger partial charge in [0.2, 0.25) is 0 Å². The minimum Gasteiger partial charge on any atom is -0.445 e. The van der Waals surface area contributed by atoms with Crippen molar-refractivity contribution in [3.63, 3.8) is 0 Å². The van der Waals surface area contributed by atoms with Crippen LogP contribution in [0.25, 0.3) is 0 Å². The molecule has 4 nitrogen and oxygen atoms in total. The molecule has 2 atom stereocenters. The molecule has 0 spiro atoms. The predicted octanol–water partition coefficient (Wildman–Crippen LogP) is 6.37. The second-order valence-corrected chi connectivity index (χ2v) is 14.3. The monoisotopic (exact) mass is 405 g/mol. The molecule has 1 fully saturated rings. The zero-order valence-electron chi connectivity index (χ0n) is 18.7. The van der Waals surface area contributed by atoms with E-state index in [2.05, 4.69) is 40.8 Å². The molecule has 28 heavy (non-hydrogen) atoms. The van der Waals surface area contributed by atoms with Crippen LogP contribution in [0, 0.1) is 0 Å². The van der Waals surface area contributed by atoms with Crippen molar-refractivity contribution in [2.45, 2.75) is 96.7 Å². The van der Waals surface area contributed by atoms with E-state index >= 15 is 0 Å². The van der Waals surface area contributed by atoms with Gasteiger partial charge in [0.15, 0.2) is 8.32 Å². The first-order chi connectivity index (χ1) is 13.2. The van der Waals surface area contributed by atoms with Gasteiger partial charge in [0.05, 0.1) is 12.1 Å². The Morgan fingerprint density at radius 2 is 1.89 bits per heavy atom. The predicted molar refractivity (Wildman–Crippen MR) is 118 cm³/mol. The maximum atomic E-state index is 12.9. The van der Waals surface area contributed by atoms with Crippen molar-refractivity contribution in [3.8, 4) is 0 Å². The first-order valence-corrected chi connectivity index (χ1v) is 13.7. The summed E-state index contributed by atoms with van der Waals surface area (Å²) in [5.74, 6) is 0. The lowest BCUT2D eigenvalue weighted by molar-refractivity contribution is 0.00525. The average Bonchev–Trinajstić information content (AvgIpc) is 2.64. The summed E-state index contributed by atoms with van der Waals surface area (Å²) in [7, 11) is -1.89. The number of likely N-dealkylation sites (tertiary alicyclic amines) is 1. The van der Waals surface area contributed by atoms with Crippen molar-refractivity contribution < 1.29 is 14.0 Å². The minimum absolute atomic E-state index is 0.116. The van der Waals surface area contributed by atoms with Gasteiger partial charge in [0.1, 0.15) is 6.61 Å². The summed E-state index contributed by atoms with van der Waals surface area (Å²) in [4.78, 5) is 14.9. The molecule has 1 aliphatic rings. The number of nitrogens with zero attached hydrogens (tertiary/aromatic N) is 1. The molecule has 158 valence electrons. The van der Waals surface area contributed by atoms with E-state index < -0.39 is 8.32 Å². The van der Waals surface area contributed by atoms with Crippen LogP contribution in [0.3, 0.4) is 0 Å². The first-order valence-electron chi connectivity index (χ1n) is 10.8. The van der Waals surface area contributed by atoms with Crippen LogP contribution in [0.15, 0.2) is 30.3 Å². The molecule has 0 aliphatic carbocycles. The molecule has 1 aliphatic heterocycles. The van der Waals surface area contributed by atoms with Crippen molar-refractivity contribution in [3.05, 3.63) is 35.9 Å². The van der Waals surface area contributed by atoms with Gasteiger partial charge in [0, 0.05) is 6.54 Å². The number of benzene rings is 1. The summed E-state index contributed by atoms with van der Waals surface area (Å²) in [6, 6.07) is 10.0. The molecule has 0 N–H and O–H groups in total. The Morgan fingerprint density at radius 1 is 1.21 bits per heavy atom. The fourth-order valence-electron chi connectivity index (χ4n) is 3.50. The van der Waals surface area contributed by atoms with E-state index in [0.717, 1.165) is 44.2 Å². The number of piperidine rings is 1. The lowest BCUT2D eigenvalue weighted by Gasteiger charge is -2.46. The van der Waals surface area contributed by atoms with E-state index in [9.17, 15) is 4.79 Å². The van der Waals surface area contributed by atoms with Crippen LogP contribution in [0.5, 0.6) is 0 Å². The standard InChI is InChI=1S/C23H39NO3Si/c1-7-8-15-20-21(27-28(5,6)23(2,3)4)16-12-17-24(20)22(25)26-18-19-13-10-9-11-14-19/h9-11,13-14,20-21H,7-8,12,15-18H2,1-6H3/t20-,21-/m1/s1. The Balaban J connectivity index is 2.09. The van der Waals surface area contributed by atoms with Gasteiger partial charge in [-0.1, -0.05) is 70.9 Å². The van der Waals surface area contributed by atoms with E-state index in [4.69, 9.17) is 9.16 Å². The highest BCUT2D eigenvalue weighted by molar-refractivity contribution is 6.74. The maximum Gasteiger partial charge on any atom is 0.410 e. The summed E-state index contributed by atoms with van der Waals surface area (Å²) >= 11 is 0. The van der Waals surface area contributed by atoms with Gasteiger partial charge in [-0.05, 0) is 43.0 Å². The smallest absolute Gasteiger partial charge is 0.410 e. The van der Waals surface area contributed by atoms with Crippen LogP contribution in [-0.2, 0) is 15.8 Å². The van der Waals surface area contributed by atoms with Crippen LogP contribution in [0.1, 0.15) is 65.4 Å². The normalized spacial score (nSPS) is 20.9. The van der Waals surface area contributed by atoms with Gasteiger partial charge < -0.3 is 14.1 Å². The van der Waals surface area contributed by atoms with Crippen molar-refractivity contribution in [1.82, 2.24) is 4.90 Å². The van der Waals surface area contributed by atoms with Gasteiger partial charge in [-0.15, -0.1) is 0 Å². The third-order valence-corrected chi connectivity index (χ3v) is 10.8. The molecule has 1 saturated heterocycles. The van der Waals surface area contributed by atoms with Gasteiger partial charge in [-0.25, -0.2) is 4.79 Å². The second-order valence-electron chi connectivity index (χ2n) is 9.50. The van der Waals surface area contributed by atoms with Gasteiger partial charge in [-0.2, -0.15) is 0 Å². The van der Waals surface area contributed by atoms with Crippen molar-refractivity contribution in [2.75, 3.05) is 6.54 Å². The Bertz CT molecular complexity index is 612. The Morgan fingerprint density at radius 3 is 2.50 bits per heavy atom. The molecule has 1 amide bonds. The molecule has 0 bridgehead atoms. The topological polar surface area (TPSA) is 38.8 Å². The maximum absolute atomic E-state index is 12.9. The van der Waals surface area contributed by atoms with Crippen molar-refractivity contribution in [1.29, 1.82) is 0 Å². The number of amides is 1. The fourth-order valence-corrected chi connectivity index (χ4v) is 4.88. The van der Waals surface area contributed by atoms with E-state index in [1.54, 1.807) is 0 Å².